The Hall–Kier alpha value is -1.51. The zero-order valence-corrected chi connectivity index (χ0v) is 6.60. The molecule has 1 aromatic rings. The average Bonchev–Trinajstić information content (AvgIpc) is 2.54. The number of hydrogen-bond acceptors (Lipinski definition) is 3. The average molecular weight is 162 g/mol. The Balaban J connectivity index is 2.22. The number of nitrogens with two attached hydrogens (primary N) is 1. The highest BCUT2D eigenvalue weighted by Crippen LogP contribution is 2.20. The van der Waals surface area contributed by atoms with Crippen LogP contribution in [0.3, 0.4) is 0 Å². The van der Waals surface area contributed by atoms with Gasteiger partial charge in [-0.05, 0) is 5.56 Å². The number of nitrogens with zero attached hydrogens (tertiary/aromatic N) is 1. The third kappa shape index (κ3) is 1.25. The van der Waals surface area contributed by atoms with Crippen LogP contribution in [0, 0.1) is 0 Å². The van der Waals surface area contributed by atoms with E-state index in [1.54, 1.807) is 0 Å². The summed E-state index contributed by atoms with van der Waals surface area (Å²) in [5, 5.41) is 0. The molecule has 0 amide bonds. The van der Waals surface area contributed by atoms with Crippen LogP contribution in [0.2, 0.25) is 0 Å². The second-order valence-corrected chi connectivity index (χ2v) is 2.70. The predicted molar refractivity (Wildman–Crippen MR) is 46.8 cm³/mol. The van der Waals surface area contributed by atoms with Crippen LogP contribution >= 0.6 is 0 Å². The second kappa shape index (κ2) is 2.85. The number of hydrogen-bond donors (Lipinski definition) is 1. The molecule has 2 N–H and O–H groups in total. The van der Waals surface area contributed by atoms with Crippen molar-refractivity contribution in [3.8, 4) is 0 Å². The summed E-state index contributed by atoms with van der Waals surface area (Å²) in [6.45, 7) is 0.565. The molecule has 0 saturated carbocycles. The fourth-order valence-electron chi connectivity index (χ4n) is 1.24. The van der Waals surface area contributed by atoms with E-state index in [2.05, 4.69) is 4.99 Å². The van der Waals surface area contributed by atoms with Gasteiger partial charge < -0.3 is 10.5 Å². The number of aliphatic imine (C=N–C) groups is 1. The van der Waals surface area contributed by atoms with E-state index in [9.17, 15) is 0 Å². The van der Waals surface area contributed by atoms with Gasteiger partial charge in [0, 0.05) is 0 Å². The fourth-order valence-corrected chi connectivity index (χ4v) is 1.24. The number of benzene rings is 1. The molecule has 1 aliphatic heterocycles. The van der Waals surface area contributed by atoms with Crippen LogP contribution in [0.5, 0.6) is 0 Å². The van der Waals surface area contributed by atoms with Crippen molar-refractivity contribution in [2.45, 2.75) is 6.04 Å². The summed E-state index contributed by atoms with van der Waals surface area (Å²) in [4.78, 5) is 4.13. The predicted octanol–water partition coefficient (Wildman–Crippen LogP) is 1.07. The van der Waals surface area contributed by atoms with Gasteiger partial charge in [-0.3, -0.25) is 0 Å². The standard InChI is InChI=1S/C9H10N2O/c10-9-11-8(6-12-9)7-4-2-1-3-5-7/h1-5,8H,6H2,(H2,10,11)/t8-/m1/s1. The lowest BCUT2D eigenvalue weighted by atomic mass is 10.1. The van der Waals surface area contributed by atoms with Crippen LogP contribution in [0.25, 0.3) is 0 Å². The van der Waals surface area contributed by atoms with Gasteiger partial charge in [-0.25, -0.2) is 4.99 Å². The van der Waals surface area contributed by atoms with Crippen molar-refractivity contribution in [2.75, 3.05) is 6.61 Å². The van der Waals surface area contributed by atoms with Crippen LogP contribution in [0.1, 0.15) is 11.6 Å². The second-order valence-electron chi connectivity index (χ2n) is 2.70. The van der Waals surface area contributed by atoms with E-state index in [4.69, 9.17) is 10.5 Å². The van der Waals surface area contributed by atoms with Gasteiger partial charge in [-0.1, -0.05) is 30.3 Å². The first-order valence-corrected chi connectivity index (χ1v) is 3.87. The van der Waals surface area contributed by atoms with E-state index in [1.807, 2.05) is 30.3 Å². The number of amidine groups is 1. The fraction of sp³-hybridized carbons (Fsp3) is 0.222. The summed E-state index contributed by atoms with van der Waals surface area (Å²) in [5.41, 5.74) is 6.54. The lowest BCUT2D eigenvalue weighted by Gasteiger charge is -2.03. The van der Waals surface area contributed by atoms with Gasteiger partial charge in [0.1, 0.15) is 12.6 Å². The van der Waals surface area contributed by atoms with Gasteiger partial charge in [-0.15, -0.1) is 0 Å². The largest absolute Gasteiger partial charge is 0.463 e. The molecule has 0 bridgehead atoms. The van der Waals surface area contributed by atoms with E-state index in [-0.39, 0.29) is 6.04 Å². The van der Waals surface area contributed by atoms with Crippen LogP contribution in [-0.4, -0.2) is 12.6 Å². The highest BCUT2D eigenvalue weighted by molar-refractivity contribution is 5.73. The van der Waals surface area contributed by atoms with Crippen molar-refractivity contribution in [3.05, 3.63) is 35.9 Å². The Bertz CT molecular complexity index is 295. The molecule has 0 unspecified atom stereocenters. The molecular formula is C9H10N2O. The first-order valence-electron chi connectivity index (χ1n) is 3.87. The van der Waals surface area contributed by atoms with Gasteiger partial charge >= 0.3 is 0 Å². The molecule has 0 fully saturated rings. The molecule has 62 valence electrons. The van der Waals surface area contributed by atoms with Gasteiger partial charge in [0.05, 0.1) is 0 Å². The summed E-state index contributed by atoms with van der Waals surface area (Å²) in [5.74, 6) is 0. The van der Waals surface area contributed by atoms with Crippen LogP contribution in [-0.2, 0) is 4.74 Å². The minimum Gasteiger partial charge on any atom is -0.463 e. The zero-order chi connectivity index (χ0) is 8.39. The molecule has 1 aromatic carbocycles. The van der Waals surface area contributed by atoms with E-state index in [0.717, 1.165) is 5.56 Å². The van der Waals surface area contributed by atoms with E-state index in [0.29, 0.717) is 12.6 Å². The Morgan fingerprint density at radius 1 is 1.33 bits per heavy atom. The zero-order valence-electron chi connectivity index (χ0n) is 6.60. The topological polar surface area (TPSA) is 47.6 Å². The van der Waals surface area contributed by atoms with Crippen molar-refractivity contribution in [1.82, 2.24) is 0 Å². The normalized spacial score (nSPS) is 21.7. The molecule has 1 atom stereocenters. The molecule has 3 heteroatoms. The van der Waals surface area contributed by atoms with E-state index >= 15 is 0 Å². The summed E-state index contributed by atoms with van der Waals surface area (Å²) in [7, 11) is 0. The summed E-state index contributed by atoms with van der Waals surface area (Å²) < 4.78 is 5.05. The van der Waals surface area contributed by atoms with Crippen LogP contribution < -0.4 is 5.73 Å². The summed E-state index contributed by atoms with van der Waals surface area (Å²) in [6.07, 6.45) is 0. The molecule has 1 aliphatic rings. The van der Waals surface area contributed by atoms with Gasteiger partial charge in [0.2, 0.25) is 0 Å². The van der Waals surface area contributed by atoms with E-state index < -0.39 is 0 Å². The van der Waals surface area contributed by atoms with Crippen molar-refractivity contribution >= 4 is 6.02 Å². The van der Waals surface area contributed by atoms with E-state index in [1.165, 1.54) is 0 Å². The Kier molecular flexibility index (Phi) is 1.70. The molecule has 0 saturated heterocycles. The quantitative estimate of drug-likeness (QED) is 0.671. The monoisotopic (exact) mass is 162 g/mol. The minimum absolute atomic E-state index is 0.0891. The number of ether oxygens (including phenoxy) is 1. The third-order valence-electron chi connectivity index (χ3n) is 1.86. The Morgan fingerprint density at radius 3 is 2.67 bits per heavy atom. The van der Waals surface area contributed by atoms with Crippen molar-refractivity contribution in [1.29, 1.82) is 0 Å². The van der Waals surface area contributed by atoms with Crippen molar-refractivity contribution < 1.29 is 4.74 Å². The maximum Gasteiger partial charge on any atom is 0.282 e. The number of rotatable bonds is 1. The molecule has 1 heterocycles. The van der Waals surface area contributed by atoms with Gasteiger partial charge in [0.25, 0.3) is 6.02 Å². The Morgan fingerprint density at radius 2 is 2.08 bits per heavy atom. The van der Waals surface area contributed by atoms with Gasteiger partial charge in [0.15, 0.2) is 0 Å². The van der Waals surface area contributed by atoms with Crippen LogP contribution in [0.4, 0.5) is 0 Å². The molecule has 3 nitrogen and oxygen atoms in total. The lowest BCUT2D eigenvalue weighted by Crippen LogP contribution is -2.10. The maximum atomic E-state index is 5.39. The smallest absolute Gasteiger partial charge is 0.282 e. The molecule has 0 radical (unpaired) electrons. The first kappa shape index (κ1) is 7.16. The lowest BCUT2D eigenvalue weighted by molar-refractivity contribution is 0.315. The van der Waals surface area contributed by atoms with Crippen molar-refractivity contribution in [2.24, 2.45) is 10.7 Å². The maximum absolute atomic E-state index is 5.39. The molecule has 0 aliphatic carbocycles. The summed E-state index contributed by atoms with van der Waals surface area (Å²) >= 11 is 0. The third-order valence-corrected chi connectivity index (χ3v) is 1.86. The SMILES string of the molecule is NC1=N[C@@H](c2ccccc2)CO1. The first-order chi connectivity index (χ1) is 5.86. The molecular weight excluding hydrogens is 152 g/mol. The van der Waals surface area contributed by atoms with Crippen LogP contribution in [0.15, 0.2) is 35.3 Å². The summed E-state index contributed by atoms with van der Waals surface area (Å²) in [6, 6.07) is 10.4. The highest BCUT2D eigenvalue weighted by atomic mass is 16.5. The highest BCUT2D eigenvalue weighted by Gasteiger charge is 2.17. The van der Waals surface area contributed by atoms with Crippen molar-refractivity contribution in [3.63, 3.8) is 0 Å². The van der Waals surface area contributed by atoms with Gasteiger partial charge in [-0.2, -0.15) is 0 Å². The minimum atomic E-state index is 0.0891. The molecule has 0 aromatic heterocycles. The Labute approximate surface area is 70.9 Å². The molecule has 0 spiro atoms. The molecule has 12 heavy (non-hydrogen) atoms. The molecule has 2 rings (SSSR count).